The average molecular weight is 374 g/mol. The third-order valence-corrected chi connectivity index (χ3v) is 4.69. The van der Waals surface area contributed by atoms with E-state index in [0.29, 0.717) is 19.6 Å². The van der Waals surface area contributed by atoms with Gasteiger partial charge >= 0.3 is 0 Å². The van der Waals surface area contributed by atoms with Crippen molar-refractivity contribution in [3.8, 4) is 5.75 Å². The predicted octanol–water partition coefficient (Wildman–Crippen LogP) is 2.81. The van der Waals surface area contributed by atoms with Crippen molar-refractivity contribution in [1.82, 2.24) is 9.80 Å². The molecule has 0 N–H and O–H groups in total. The van der Waals surface area contributed by atoms with Gasteiger partial charge < -0.3 is 19.0 Å². The highest BCUT2D eigenvalue weighted by Gasteiger charge is 2.31. The third kappa shape index (κ3) is 4.67. The number of rotatable bonds is 6. The van der Waals surface area contributed by atoms with Crippen molar-refractivity contribution in [2.45, 2.75) is 12.8 Å². The SMILES string of the molecule is CN(CCOc1ccccc1F)C(=O)[C@H]1CCCN(C(=O)c2ccco2)C1. The molecule has 0 saturated carbocycles. The maximum Gasteiger partial charge on any atom is 0.289 e. The molecule has 0 radical (unpaired) electrons. The summed E-state index contributed by atoms with van der Waals surface area (Å²) in [5.41, 5.74) is 0. The van der Waals surface area contributed by atoms with Crippen molar-refractivity contribution in [2.75, 3.05) is 33.3 Å². The van der Waals surface area contributed by atoms with E-state index in [2.05, 4.69) is 0 Å². The highest BCUT2D eigenvalue weighted by atomic mass is 19.1. The maximum atomic E-state index is 13.5. The second kappa shape index (κ2) is 8.70. The minimum atomic E-state index is -0.425. The Balaban J connectivity index is 1.50. The third-order valence-electron chi connectivity index (χ3n) is 4.69. The quantitative estimate of drug-likeness (QED) is 0.780. The Morgan fingerprint density at radius 3 is 2.85 bits per heavy atom. The van der Waals surface area contributed by atoms with Crippen molar-refractivity contribution in [3.05, 3.63) is 54.2 Å². The van der Waals surface area contributed by atoms with Crippen LogP contribution >= 0.6 is 0 Å². The zero-order valence-electron chi connectivity index (χ0n) is 15.3. The molecule has 2 aromatic rings. The fourth-order valence-corrected chi connectivity index (χ4v) is 3.20. The van der Waals surface area contributed by atoms with Crippen molar-refractivity contribution in [1.29, 1.82) is 0 Å². The van der Waals surface area contributed by atoms with Gasteiger partial charge in [0.05, 0.1) is 18.7 Å². The fourth-order valence-electron chi connectivity index (χ4n) is 3.20. The molecule has 0 unspecified atom stereocenters. The molecular formula is C20H23FN2O4. The molecule has 2 heterocycles. The van der Waals surface area contributed by atoms with E-state index >= 15 is 0 Å². The summed E-state index contributed by atoms with van der Waals surface area (Å²) in [6.07, 6.45) is 2.96. The number of likely N-dealkylation sites (tertiary alicyclic amines) is 1. The molecule has 27 heavy (non-hydrogen) atoms. The number of benzene rings is 1. The van der Waals surface area contributed by atoms with Gasteiger partial charge in [-0.1, -0.05) is 12.1 Å². The van der Waals surface area contributed by atoms with E-state index in [0.717, 1.165) is 12.8 Å². The van der Waals surface area contributed by atoms with Gasteiger partial charge in [0.15, 0.2) is 17.3 Å². The van der Waals surface area contributed by atoms with Gasteiger partial charge in [-0.3, -0.25) is 9.59 Å². The van der Waals surface area contributed by atoms with Gasteiger partial charge in [0.25, 0.3) is 5.91 Å². The van der Waals surface area contributed by atoms with Gasteiger partial charge in [-0.2, -0.15) is 0 Å². The minimum Gasteiger partial charge on any atom is -0.489 e. The van der Waals surface area contributed by atoms with E-state index < -0.39 is 5.82 Å². The number of carbonyl (C=O) groups is 2. The molecule has 1 saturated heterocycles. The summed E-state index contributed by atoms with van der Waals surface area (Å²) >= 11 is 0. The van der Waals surface area contributed by atoms with E-state index in [4.69, 9.17) is 9.15 Å². The lowest BCUT2D eigenvalue weighted by atomic mass is 9.96. The Morgan fingerprint density at radius 1 is 1.30 bits per heavy atom. The van der Waals surface area contributed by atoms with Crippen LogP contribution in [0.15, 0.2) is 47.1 Å². The lowest BCUT2D eigenvalue weighted by Crippen LogP contribution is -2.46. The van der Waals surface area contributed by atoms with Gasteiger partial charge in [-0.25, -0.2) is 4.39 Å². The number of piperidine rings is 1. The first-order valence-electron chi connectivity index (χ1n) is 9.01. The topological polar surface area (TPSA) is 63.0 Å². The summed E-state index contributed by atoms with van der Waals surface area (Å²) in [5, 5.41) is 0. The number of furan rings is 1. The minimum absolute atomic E-state index is 0.0379. The monoisotopic (exact) mass is 374 g/mol. The van der Waals surface area contributed by atoms with Crippen molar-refractivity contribution in [2.24, 2.45) is 5.92 Å². The molecule has 0 bridgehead atoms. The predicted molar refractivity (Wildman–Crippen MR) is 96.9 cm³/mol. The Kier molecular flexibility index (Phi) is 6.11. The largest absolute Gasteiger partial charge is 0.489 e. The van der Waals surface area contributed by atoms with Crippen LogP contribution in [0.4, 0.5) is 4.39 Å². The molecule has 1 aromatic heterocycles. The molecule has 1 aliphatic heterocycles. The van der Waals surface area contributed by atoms with Crippen molar-refractivity contribution >= 4 is 11.8 Å². The Morgan fingerprint density at radius 2 is 2.11 bits per heavy atom. The second-order valence-electron chi connectivity index (χ2n) is 6.61. The number of halogens is 1. The van der Waals surface area contributed by atoms with Crippen LogP contribution in [0.2, 0.25) is 0 Å². The molecular weight excluding hydrogens is 351 g/mol. The zero-order valence-corrected chi connectivity index (χ0v) is 15.3. The highest BCUT2D eigenvalue weighted by Crippen LogP contribution is 2.21. The maximum absolute atomic E-state index is 13.5. The first-order chi connectivity index (χ1) is 13.1. The van der Waals surface area contributed by atoms with E-state index in [-0.39, 0.29) is 35.8 Å². The molecule has 0 spiro atoms. The van der Waals surface area contributed by atoms with Crippen molar-refractivity contribution in [3.63, 3.8) is 0 Å². The molecule has 1 aromatic carbocycles. The van der Waals surface area contributed by atoms with E-state index in [1.807, 2.05) is 0 Å². The average Bonchev–Trinajstić information content (AvgIpc) is 3.23. The summed E-state index contributed by atoms with van der Waals surface area (Å²) in [4.78, 5) is 28.3. The van der Waals surface area contributed by atoms with Crippen molar-refractivity contribution < 1.29 is 23.1 Å². The van der Waals surface area contributed by atoms with Gasteiger partial charge in [-0.05, 0) is 37.1 Å². The normalized spacial score (nSPS) is 16.8. The summed E-state index contributed by atoms with van der Waals surface area (Å²) in [7, 11) is 1.69. The smallest absolute Gasteiger partial charge is 0.289 e. The number of amides is 2. The van der Waals surface area contributed by atoms with Crippen LogP contribution in [0.25, 0.3) is 0 Å². The van der Waals surface area contributed by atoms with Crippen LogP contribution in [0.1, 0.15) is 23.4 Å². The van der Waals surface area contributed by atoms with Crippen LogP contribution in [-0.2, 0) is 4.79 Å². The van der Waals surface area contributed by atoms with Crippen LogP contribution in [-0.4, -0.2) is 54.9 Å². The number of nitrogens with zero attached hydrogens (tertiary/aromatic N) is 2. The zero-order chi connectivity index (χ0) is 19.2. The first-order valence-corrected chi connectivity index (χ1v) is 9.01. The summed E-state index contributed by atoms with van der Waals surface area (Å²) < 4.78 is 24.1. The number of hydrogen-bond donors (Lipinski definition) is 0. The Hall–Kier alpha value is -2.83. The summed E-state index contributed by atoms with van der Waals surface area (Å²) in [6, 6.07) is 9.47. The van der Waals surface area contributed by atoms with E-state index in [1.165, 1.54) is 12.3 Å². The number of para-hydroxylation sites is 1. The number of hydrogen-bond acceptors (Lipinski definition) is 4. The lowest BCUT2D eigenvalue weighted by molar-refractivity contribution is -0.135. The lowest BCUT2D eigenvalue weighted by Gasteiger charge is -2.33. The van der Waals surface area contributed by atoms with Crippen LogP contribution in [0, 0.1) is 11.7 Å². The molecule has 6 nitrogen and oxygen atoms in total. The summed E-state index contributed by atoms with van der Waals surface area (Å²) in [6.45, 7) is 1.53. The molecule has 1 fully saturated rings. The second-order valence-corrected chi connectivity index (χ2v) is 6.61. The molecule has 3 rings (SSSR count). The van der Waals surface area contributed by atoms with Gasteiger partial charge in [0.1, 0.15) is 6.61 Å². The molecule has 7 heteroatoms. The molecule has 144 valence electrons. The van der Waals surface area contributed by atoms with Gasteiger partial charge in [0, 0.05) is 20.1 Å². The highest BCUT2D eigenvalue weighted by molar-refractivity contribution is 5.92. The number of likely N-dealkylation sites (N-methyl/N-ethyl adjacent to an activating group) is 1. The molecule has 1 aliphatic rings. The first kappa shape index (κ1) is 18.9. The number of ether oxygens (including phenoxy) is 1. The van der Waals surface area contributed by atoms with E-state index in [1.54, 1.807) is 47.2 Å². The van der Waals surface area contributed by atoms with Crippen LogP contribution in [0.5, 0.6) is 5.75 Å². The fraction of sp³-hybridized carbons (Fsp3) is 0.400. The van der Waals surface area contributed by atoms with Crippen LogP contribution in [0.3, 0.4) is 0 Å². The Bertz CT molecular complexity index is 778. The standard InChI is InChI=1S/C20H23FN2O4/c1-22(11-13-27-17-8-3-2-7-16(17)21)19(24)15-6-4-10-23(14-15)20(25)18-9-5-12-26-18/h2-3,5,7-9,12,15H,4,6,10-11,13-14H2,1H3/t15-/m0/s1. The van der Waals surface area contributed by atoms with E-state index in [9.17, 15) is 14.0 Å². The van der Waals surface area contributed by atoms with Gasteiger partial charge in [0.2, 0.25) is 5.91 Å². The molecule has 0 aliphatic carbocycles. The number of carbonyl (C=O) groups excluding carboxylic acids is 2. The van der Waals surface area contributed by atoms with Gasteiger partial charge in [-0.15, -0.1) is 0 Å². The molecule has 1 atom stereocenters. The van der Waals surface area contributed by atoms with Crippen LogP contribution < -0.4 is 4.74 Å². The summed E-state index contributed by atoms with van der Waals surface area (Å²) in [5.74, 6) is -0.449. The molecule has 2 amide bonds. The Labute approximate surface area is 157 Å².